The third-order valence-electron chi connectivity index (χ3n) is 2.49. The SMILES string of the molecule is N#Cc1ccccc1NC(=O)CCn1cc(Br)cn1. The maximum Gasteiger partial charge on any atom is 0.226 e. The monoisotopic (exact) mass is 318 g/mol. The van der Waals surface area contributed by atoms with Crippen LogP contribution in [-0.2, 0) is 11.3 Å². The number of aromatic nitrogens is 2. The van der Waals surface area contributed by atoms with Crippen LogP contribution in [0.5, 0.6) is 0 Å². The topological polar surface area (TPSA) is 70.7 Å². The number of nitrogens with one attached hydrogen (secondary N) is 1. The summed E-state index contributed by atoms with van der Waals surface area (Å²) in [6, 6.07) is 8.95. The summed E-state index contributed by atoms with van der Waals surface area (Å²) in [5.74, 6) is -0.144. The minimum Gasteiger partial charge on any atom is -0.325 e. The standard InChI is InChI=1S/C13H11BrN4O/c14-11-8-16-18(9-11)6-5-13(19)17-12-4-2-1-3-10(12)7-15/h1-4,8-9H,5-6H2,(H,17,19). The van der Waals surface area contributed by atoms with Crippen LogP contribution < -0.4 is 5.32 Å². The smallest absolute Gasteiger partial charge is 0.226 e. The van der Waals surface area contributed by atoms with Crippen molar-refractivity contribution in [3.63, 3.8) is 0 Å². The number of amides is 1. The molecule has 0 unspecified atom stereocenters. The fraction of sp³-hybridized carbons (Fsp3) is 0.154. The number of nitriles is 1. The second-order valence-corrected chi connectivity index (χ2v) is 4.79. The molecule has 1 heterocycles. The number of para-hydroxylation sites is 1. The average molecular weight is 319 g/mol. The number of hydrogen-bond acceptors (Lipinski definition) is 3. The van der Waals surface area contributed by atoms with Gasteiger partial charge in [-0.25, -0.2) is 0 Å². The molecule has 0 aliphatic carbocycles. The molecule has 0 fully saturated rings. The van der Waals surface area contributed by atoms with Crippen LogP contribution in [-0.4, -0.2) is 15.7 Å². The summed E-state index contributed by atoms with van der Waals surface area (Å²) in [6.07, 6.45) is 3.77. The number of aryl methyl sites for hydroxylation is 1. The number of carbonyl (C=O) groups is 1. The van der Waals surface area contributed by atoms with E-state index in [2.05, 4.69) is 26.3 Å². The molecule has 5 nitrogen and oxygen atoms in total. The van der Waals surface area contributed by atoms with E-state index in [1.165, 1.54) is 0 Å². The largest absolute Gasteiger partial charge is 0.325 e. The van der Waals surface area contributed by atoms with Gasteiger partial charge in [-0.2, -0.15) is 10.4 Å². The van der Waals surface area contributed by atoms with E-state index in [1.807, 2.05) is 6.07 Å². The Bertz CT molecular complexity index is 630. The minimum atomic E-state index is -0.144. The molecule has 0 aliphatic rings. The summed E-state index contributed by atoms with van der Waals surface area (Å²) < 4.78 is 2.56. The van der Waals surface area contributed by atoms with E-state index in [0.717, 1.165) is 4.47 Å². The van der Waals surface area contributed by atoms with E-state index in [1.54, 1.807) is 41.3 Å². The molecule has 96 valence electrons. The van der Waals surface area contributed by atoms with E-state index in [-0.39, 0.29) is 5.91 Å². The number of benzene rings is 1. The molecule has 0 atom stereocenters. The molecule has 1 N–H and O–H groups in total. The lowest BCUT2D eigenvalue weighted by molar-refractivity contribution is -0.116. The van der Waals surface area contributed by atoms with Crippen molar-refractivity contribution in [1.82, 2.24) is 9.78 Å². The van der Waals surface area contributed by atoms with Crippen molar-refractivity contribution in [3.05, 3.63) is 46.7 Å². The summed E-state index contributed by atoms with van der Waals surface area (Å²) in [4.78, 5) is 11.8. The molecule has 2 rings (SSSR count). The van der Waals surface area contributed by atoms with Gasteiger partial charge in [-0.3, -0.25) is 9.48 Å². The van der Waals surface area contributed by atoms with Crippen LogP contribution in [0.25, 0.3) is 0 Å². The fourth-order valence-corrected chi connectivity index (χ4v) is 1.91. The van der Waals surface area contributed by atoms with Gasteiger partial charge >= 0.3 is 0 Å². The van der Waals surface area contributed by atoms with E-state index in [9.17, 15) is 4.79 Å². The molecule has 0 aliphatic heterocycles. The average Bonchev–Trinajstić information content (AvgIpc) is 2.83. The number of carbonyl (C=O) groups excluding carboxylic acids is 1. The minimum absolute atomic E-state index is 0.144. The van der Waals surface area contributed by atoms with Gasteiger partial charge in [-0.05, 0) is 28.1 Å². The summed E-state index contributed by atoms with van der Waals surface area (Å²) in [6.45, 7) is 0.492. The lowest BCUT2D eigenvalue weighted by Crippen LogP contribution is -2.15. The van der Waals surface area contributed by atoms with Crippen LogP contribution in [0.1, 0.15) is 12.0 Å². The zero-order valence-electron chi connectivity index (χ0n) is 10.0. The highest BCUT2D eigenvalue weighted by Crippen LogP contribution is 2.14. The Morgan fingerprint density at radius 1 is 1.47 bits per heavy atom. The van der Waals surface area contributed by atoms with Gasteiger partial charge < -0.3 is 5.32 Å². The first-order chi connectivity index (χ1) is 9.19. The van der Waals surface area contributed by atoms with Gasteiger partial charge in [0, 0.05) is 19.2 Å². The zero-order chi connectivity index (χ0) is 13.7. The van der Waals surface area contributed by atoms with Gasteiger partial charge in [0.1, 0.15) is 6.07 Å². The van der Waals surface area contributed by atoms with Crippen LogP contribution in [0, 0.1) is 11.3 Å². The molecule has 0 saturated heterocycles. The molecule has 1 amide bonds. The van der Waals surface area contributed by atoms with Crippen molar-refractivity contribution < 1.29 is 4.79 Å². The van der Waals surface area contributed by atoms with Crippen molar-refractivity contribution in [1.29, 1.82) is 5.26 Å². The molecule has 19 heavy (non-hydrogen) atoms. The number of hydrogen-bond donors (Lipinski definition) is 1. The number of nitrogens with zero attached hydrogens (tertiary/aromatic N) is 3. The van der Waals surface area contributed by atoms with Crippen LogP contribution >= 0.6 is 15.9 Å². The van der Waals surface area contributed by atoms with Crippen molar-refractivity contribution in [3.8, 4) is 6.07 Å². The van der Waals surface area contributed by atoms with Crippen LogP contribution in [0.3, 0.4) is 0 Å². The van der Waals surface area contributed by atoms with Crippen molar-refractivity contribution in [2.45, 2.75) is 13.0 Å². The van der Waals surface area contributed by atoms with Gasteiger partial charge in [-0.1, -0.05) is 12.1 Å². The molecule has 0 radical (unpaired) electrons. The zero-order valence-corrected chi connectivity index (χ0v) is 11.6. The van der Waals surface area contributed by atoms with Crippen molar-refractivity contribution >= 4 is 27.5 Å². The van der Waals surface area contributed by atoms with E-state index in [0.29, 0.717) is 24.2 Å². The lowest BCUT2D eigenvalue weighted by atomic mass is 10.2. The van der Waals surface area contributed by atoms with Gasteiger partial charge in [0.25, 0.3) is 0 Å². The van der Waals surface area contributed by atoms with Crippen LogP contribution in [0.4, 0.5) is 5.69 Å². The first kappa shape index (κ1) is 13.3. The Balaban J connectivity index is 1.93. The summed E-state index contributed by atoms with van der Waals surface area (Å²) in [7, 11) is 0. The van der Waals surface area contributed by atoms with Crippen molar-refractivity contribution in [2.75, 3.05) is 5.32 Å². The van der Waals surface area contributed by atoms with E-state index in [4.69, 9.17) is 5.26 Å². The molecular formula is C13H11BrN4O. The summed E-state index contributed by atoms with van der Waals surface area (Å²) in [5.41, 5.74) is 0.995. The Labute approximate surface area is 119 Å². The molecular weight excluding hydrogens is 308 g/mol. The fourth-order valence-electron chi connectivity index (χ4n) is 1.58. The van der Waals surface area contributed by atoms with Gasteiger partial charge in [0.15, 0.2) is 0 Å². The molecule has 0 bridgehead atoms. The Morgan fingerprint density at radius 3 is 2.95 bits per heavy atom. The molecule has 1 aromatic carbocycles. The highest BCUT2D eigenvalue weighted by Gasteiger charge is 2.06. The summed E-state index contributed by atoms with van der Waals surface area (Å²) in [5, 5.41) is 15.7. The number of halogens is 1. The predicted octanol–water partition coefficient (Wildman–Crippen LogP) is 2.55. The first-order valence-corrected chi connectivity index (χ1v) is 6.45. The van der Waals surface area contributed by atoms with Gasteiger partial charge in [0.2, 0.25) is 5.91 Å². The summed E-state index contributed by atoms with van der Waals surface area (Å²) >= 11 is 3.29. The molecule has 1 aromatic heterocycles. The lowest BCUT2D eigenvalue weighted by Gasteiger charge is -2.06. The number of anilines is 1. The van der Waals surface area contributed by atoms with Crippen molar-refractivity contribution in [2.24, 2.45) is 0 Å². The Hall–Kier alpha value is -2.13. The number of rotatable bonds is 4. The molecule has 0 spiro atoms. The maximum absolute atomic E-state index is 11.8. The second kappa shape index (κ2) is 6.16. The normalized spacial score (nSPS) is 9.89. The molecule has 2 aromatic rings. The Kier molecular flexibility index (Phi) is 4.31. The first-order valence-electron chi connectivity index (χ1n) is 5.66. The van der Waals surface area contributed by atoms with E-state index < -0.39 is 0 Å². The molecule has 6 heteroatoms. The molecule has 0 saturated carbocycles. The highest BCUT2D eigenvalue weighted by atomic mass is 79.9. The van der Waals surface area contributed by atoms with E-state index >= 15 is 0 Å². The highest BCUT2D eigenvalue weighted by molar-refractivity contribution is 9.10. The van der Waals surface area contributed by atoms with Gasteiger partial charge in [0.05, 0.1) is 21.9 Å². The predicted molar refractivity (Wildman–Crippen MR) is 74.3 cm³/mol. The van der Waals surface area contributed by atoms with Crippen LogP contribution in [0.2, 0.25) is 0 Å². The quantitative estimate of drug-likeness (QED) is 0.941. The second-order valence-electron chi connectivity index (χ2n) is 3.88. The van der Waals surface area contributed by atoms with Crippen LogP contribution in [0.15, 0.2) is 41.1 Å². The maximum atomic E-state index is 11.8. The third-order valence-corrected chi connectivity index (χ3v) is 2.90. The van der Waals surface area contributed by atoms with Gasteiger partial charge in [-0.15, -0.1) is 0 Å². The third kappa shape index (κ3) is 3.66. The Morgan fingerprint density at radius 2 is 2.26 bits per heavy atom.